The van der Waals surface area contributed by atoms with Crippen LogP contribution in [0.3, 0.4) is 0 Å². The molecule has 5 nitrogen and oxygen atoms in total. The fourth-order valence-electron chi connectivity index (χ4n) is 4.80. The van der Waals surface area contributed by atoms with Crippen molar-refractivity contribution in [3.05, 3.63) is 94.0 Å². The molecule has 0 bridgehead atoms. The number of carboxylic acid groups (broad SMARTS) is 1. The van der Waals surface area contributed by atoms with E-state index in [9.17, 15) is 18.7 Å². The Labute approximate surface area is 216 Å². The number of carboxylic acids is 1. The zero-order chi connectivity index (χ0) is 27.0. The molecule has 0 radical (unpaired) electrons. The number of nitrogens with zero attached hydrogens (tertiary/aromatic N) is 1. The fourth-order valence-corrected chi connectivity index (χ4v) is 4.80. The van der Waals surface area contributed by atoms with Crippen LogP contribution in [0.2, 0.25) is 0 Å². The van der Waals surface area contributed by atoms with Crippen LogP contribution in [0.1, 0.15) is 80.1 Å². The zero-order valence-corrected chi connectivity index (χ0v) is 21.8. The second-order valence-corrected chi connectivity index (χ2v) is 10.7. The summed E-state index contributed by atoms with van der Waals surface area (Å²) in [5.41, 5.74) is 6.93. The van der Waals surface area contributed by atoms with Crippen LogP contribution >= 0.6 is 0 Å². The minimum atomic E-state index is -1.04. The van der Waals surface area contributed by atoms with Gasteiger partial charge in [0.1, 0.15) is 17.3 Å². The molecule has 1 aliphatic carbocycles. The number of hydrogen-bond donors (Lipinski definition) is 2. The van der Waals surface area contributed by atoms with Gasteiger partial charge in [0, 0.05) is 17.2 Å². The van der Waals surface area contributed by atoms with Gasteiger partial charge in [0.15, 0.2) is 5.82 Å². The first-order valence-corrected chi connectivity index (χ1v) is 12.4. The molecule has 0 heterocycles. The summed E-state index contributed by atoms with van der Waals surface area (Å²) in [5.74, 6) is -1.86. The Bertz CT molecular complexity index is 1360. The van der Waals surface area contributed by atoms with E-state index in [0.717, 1.165) is 25.0 Å². The third-order valence-corrected chi connectivity index (χ3v) is 7.13. The number of ether oxygens (including phenoxy) is 1. The van der Waals surface area contributed by atoms with E-state index in [0.29, 0.717) is 29.2 Å². The van der Waals surface area contributed by atoms with Crippen LogP contribution in [-0.2, 0) is 10.8 Å². The van der Waals surface area contributed by atoms with Crippen LogP contribution in [0.5, 0.6) is 5.75 Å². The van der Waals surface area contributed by atoms with Gasteiger partial charge in [-0.2, -0.15) is 5.10 Å². The Morgan fingerprint density at radius 3 is 2.11 bits per heavy atom. The van der Waals surface area contributed by atoms with Gasteiger partial charge < -0.3 is 9.84 Å². The lowest BCUT2D eigenvalue weighted by atomic mass is 9.62. The number of rotatable bonds is 7. The van der Waals surface area contributed by atoms with Crippen molar-refractivity contribution in [3.8, 4) is 5.75 Å². The number of benzene rings is 3. The van der Waals surface area contributed by atoms with Crippen molar-refractivity contribution in [1.29, 1.82) is 0 Å². The Morgan fingerprint density at radius 1 is 0.946 bits per heavy atom. The zero-order valence-electron chi connectivity index (χ0n) is 21.8. The van der Waals surface area contributed by atoms with Crippen molar-refractivity contribution in [2.45, 2.75) is 58.3 Å². The predicted octanol–water partition coefficient (Wildman–Crippen LogP) is 7.28. The molecule has 0 spiro atoms. The predicted molar refractivity (Wildman–Crippen MR) is 142 cm³/mol. The second kappa shape index (κ2) is 9.96. The number of anilines is 1. The number of aromatic carboxylic acids is 1. The Balaban J connectivity index is 1.94. The van der Waals surface area contributed by atoms with Crippen molar-refractivity contribution in [3.63, 3.8) is 0 Å². The molecule has 0 aromatic heterocycles. The molecule has 0 saturated carbocycles. The SMILES string of the molecule is CCOc1cc2c(cc1/C(=N/Nc1ccc(F)cc1F)c1ccc(C(=O)O)cc1)C(C)(C)CCC2(C)C. The lowest BCUT2D eigenvalue weighted by molar-refractivity contribution is 0.0697. The highest BCUT2D eigenvalue weighted by Gasteiger charge is 2.38. The normalized spacial score (nSPS) is 16.1. The van der Waals surface area contributed by atoms with E-state index in [2.05, 4.69) is 50.4 Å². The number of carbonyl (C=O) groups is 1. The maximum absolute atomic E-state index is 14.4. The Hall–Kier alpha value is -3.74. The summed E-state index contributed by atoms with van der Waals surface area (Å²) < 4.78 is 33.9. The largest absolute Gasteiger partial charge is 0.493 e. The van der Waals surface area contributed by atoms with Gasteiger partial charge in [-0.25, -0.2) is 13.6 Å². The number of hydrogen-bond acceptors (Lipinski definition) is 4. The van der Waals surface area contributed by atoms with Crippen molar-refractivity contribution in [1.82, 2.24) is 0 Å². The van der Waals surface area contributed by atoms with Gasteiger partial charge in [-0.3, -0.25) is 5.43 Å². The number of hydrazone groups is 1. The van der Waals surface area contributed by atoms with Gasteiger partial charge in [-0.1, -0.05) is 39.8 Å². The molecule has 0 atom stereocenters. The minimum absolute atomic E-state index is 0.0124. The maximum atomic E-state index is 14.4. The van der Waals surface area contributed by atoms with Gasteiger partial charge in [0.2, 0.25) is 0 Å². The molecular weight excluding hydrogens is 474 g/mol. The standard InChI is InChI=1S/C30H32F2N2O3/c1-6-37-26-17-23-22(29(2,3)13-14-30(23,4)5)16-21(26)27(18-7-9-19(10-8-18)28(35)36)34-33-25-12-11-20(31)15-24(25)32/h7-12,15-17,33H,6,13-14H2,1-5H3,(H,35,36)/b34-27+. The smallest absolute Gasteiger partial charge is 0.335 e. The molecule has 2 N–H and O–H groups in total. The summed E-state index contributed by atoms with van der Waals surface area (Å²) in [7, 11) is 0. The summed E-state index contributed by atoms with van der Waals surface area (Å²) in [5, 5.41) is 13.9. The summed E-state index contributed by atoms with van der Waals surface area (Å²) >= 11 is 0. The van der Waals surface area contributed by atoms with Crippen LogP contribution in [0.4, 0.5) is 14.5 Å². The van der Waals surface area contributed by atoms with Gasteiger partial charge in [-0.15, -0.1) is 0 Å². The lowest BCUT2D eigenvalue weighted by Gasteiger charge is -2.42. The van der Waals surface area contributed by atoms with E-state index in [1.165, 1.54) is 29.3 Å². The first kappa shape index (κ1) is 26.3. The maximum Gasteiger partial charge on any atom is 0.335 e. The quantitative estimate of drug-likeness (QED) is 0.261. The molecule has 1 aliphatic rings. The Kier molecular flexibility index (Phi) is 7.09. The van der Waals surface area contributed by atoms with Crippen molar-refractivity contribution < 1.29 is 23.4 Å². The molecule has 4 rings (SSSR count). The molecule has 194 valence electrons. The van der Waals surface area contributed by atoms with Crippen LogP contribution in [0.15, 0.2) is 59.7 Å². The minimum Gasteiger partial charge on any atom is -0.493 e. The molecule has 0 amide bonds. The van der Waals surface area contributed by atoms with E-state index in [1.807, 2.05) is 6.92 Å². The molecule has 0 fully saturated rings. The first-order valence-electron chi connectivity index (χ1n) is 12.4. The molecule has 7 heteroatoms. The second-order valence-electron chi connectivity index (χ2n) is 10.7. The number of fused-ring (bicyclic) bond motifs is 1. The van der Waals surface area contributed by atoms with E-state index in [1.54, 1.807) is 12.1 Å². The van der Waals surface area contributed by atoms with Gasteiger partial charge in [0.05, 0.1) is 17.9 Å². The monoisotopic (exact) mass is 506 g/mol. The fraction of sp³-hybridized carbons (Fsp3) is 0.333. The highest BCUT2D eigenvalue weighted by molar-refractivity contribution is 6.15. The van der Waals surface area contributed by atoms with Crippen LogP contribution in [0, 0.1) is 11.6 Å². The molecule has 3 aromatic rings. The lowest BCUT2D eigenvalue weighted by Crippen LogP contribution is -2.34. The third kappa shape index (κ3) is 5.36. The topological polar surface area (TPSA) is 70.9 Å². The number of nitrogens with one attached hydrogen (secondary N) is 1. The highest BCUT2D eigenvalue weighted by atomic mass is 19.1. The van der Waals surface area contributed by atoms with Gasteiger partial charge in [0.25, 0.3) is 0 Å². The van der Waals surface area contributed by atoms with Crippen molar-refractivity contribution in [2.24, 2.45) is 5.10 Å². The van der Waals surface area contributed by atoms with E-state index in [-0.39, 0.29) is 22.1 Å². The molecule has 0 aliphatic heterocycles. The molecule has 37 heavy (non-hydrogen) atoms. The van der Waals surface area contributed by atoms with Crippen molar-refractivity contribution >= 4 is 17.4 Å². The first-order chi connectivity index (χ1) is 17.4. The molecule has 3 aromatic carbocycles. The van der Waals surface area contributed by atoms with Crippen LogP contribution in [0.25, 0.3) is 0 Å². The van der Waals surface area contributed by atoms with E-state index < -0.39 is 17.6 Å². The molecule has 0 saturated heterocycles. The van der Waals surface area contributed by atoms with Crippen LogP contribution in [-0.4, -0.2) is 23.4 Å². The van der Waals surface area contributed by atoms with E-state index >= 15 is 0 Å². The third-order valence-electron chi connectivity index (χ3n) is 7.13. The molecular formula is C30H32F2N2O3. The number of halogens is 2. The highest BCUT2D eigenvalue weighted by Crippen LogP contribution is 2.48. The van der Waals surface area contributed by atoms with Gasteiger partial charge in [-0.05, 0) is 78.1 Å². The van der Waals surface area contributed by atoms with Crippen LogP contribution < -0.4 is 10.2 Å². The van der Waals surface area contributed by atoms with Gasteiger partial charge >= 0.3 is 5.97 Å². The average Bonchev–Trinajstić information content (AvgIpc) is 2.84. The summed E-state index contributed by atoms with van der Waals surface area (Å²) in [6, 6.07) is 13.7. The summed E-state index contributed by atoms with van der Waals surface area (Å²) in [6.45, 7) is 11.2. The Morgan fingerprint density at radius 2 is 1.54 bits per heavy atom. The summed E-state index contributed by atoms with van der Waals surface area (Å²) in [4.78, 5) is 11.4. The molecule has 0 unspecified atom stereocenters. The summed E-state index contributed by atoms with van der Waals surface area (Å²) in [6.07, 6.45) is 2.06. The van der Waals surface area contributed by atoms with Crippen molar-refractivity contribution in [2.75, 3.05) is 12.0 Å². The average molecular weight is 507 g/mol. The van der Waals surface area contributed by atoms with E-state index in [4.69, 9.17) is 4.74 Å².